The van der Waals surface area contributed by atoms with Gasteiger partial charge in [0.05, 0.1) is 12.2 Å². The molecule has 0 radical (unpaired) electrons. The fourth-order valence-corrected chi connectivity index (χ4v) is 3.35. The molecule has 0 aromatic carbocycles. The molecule has 0 amide bonds. The van der Waals surface area contributed by atoms with Gasteiger partial charge in [0.25, 0.3) is 0 Å². The molecule has 0 saturated carbocycles. The Labute approximate surface area is 139 Å². The standard InChI is InChI=1S/C20H42O2/c1-6-9-19(11-8-10-18(5)21)15-13-16(3)12-14-17(4)20(22)7-2/h16-22H,6-15H2,1-5H3/t16-,17+,18-,19?,20?/m0/s1. The first-order valence-electron chi connectivity index (χ1n) is 9.76. The Morgan fingerprint density at radius 2 is 1.36 bits per heavy atom. The highest BCUT2D eigenvalue weighted by atomic mass is 16.3. The van der Waals surface area contributed by atoms with E-state index in [0.29, 0.717) is 5.92 Å². The van der Waals surface area contributed by atoms with Crippen LogP contribution in [0.4, 0.5) is 0 Å². The first-order valence-corrected chi connectivity index (χ1v) is 9.76. The Morgan fingerprint density at radius 3 is 1.91 bits per heavy atom. The zero-order valence-corrected chi connectivity index (χ0v) is 15.9. The van der Waals surface area contributed by atoms with Gasteiger partial charge in [-0.05, 0) is 43.9 Å². The van der Waals surface area contributed by atoms with Crippen molar-refractivity contribution in [2.24, 2.45) is 17.8 Å². The molecule has 2 N–H and O–H groups in total. The van der Waals surface area contributed by atoms with E-state index in [9.17, 15) is 10.2 Å². The highest BCUT2D eigenvalue weighted by Crippen LogP contribution is 2.26. The van der Waals surface area contributed by atoms with Gasteiger partial charge >= 0.3 is 0 Å². The fourth-order valence-electron chi connectivity index (χ4n) is 3.35. The smallest absolute Gasteiger partial charge is 0.0563 e. The minimum absolute atomic E-state index is 0.125. The van der Waals surface area contributed by atoms with Crippen LogP contribution < -0.4 is 0 Å². The summed E-state index contributed by atoms with van der Waals surface area (Å²) in [5, 5.41) is 19.2. The second kappa shape index (κ2) is 13.4. The van der Waals surface area contributed by atoms with Crippen molar-refractivity contribution in [1.82, 2.24) is 0 Å². The SMILES string of the molecule is CCCC(CCC[C@H](C)O)CC[C@@H](C)CC[C@@H](C)C(O)CC. The van der Waals surface area contributed by atoms with Crippen molar-refractivity contribution in [2.45, 2.75) is 111 Å². The van der Waals surface area contributed by atoms with Crippen LogP contribution >= 0.6 is 0 Å². The van der Waals surface area contributed by atoms with Crippen molar-refractivity contribution in [3.8, 4) is 0 Å². The van der Waals surface area contributed by atoms with Crippen LogP contribution in [0.1, 0.15) is 98.8 Å². The molecule has 0 heterocycles. The van der Waals surface area contributed by atoms with Crippen molar-refractivity contribution in [3.05, 3.63) is 0 Å². The zero-order chi connectivity index (χ0) is 17.0. The lowest BCUT2D eigenvalue weighted by Crippen LogP contribution is -2.17. The molecule has 0 fully saturated rings. The summed E-state index contributed by atoms with van der Waals surface area (Å²) >= 11 is 0. The first kappa shape index (κ1) is 21.9. The number of rotatable bonds is 14. The van der Waals surface area contributed by atoms with Crippen LogP contribution in [0.2, 0.25) is 0 Å². The Bertz CT molecular complexity index is 240. The van der Waals surface area contributed by atoms with Crippen molar-refractivity contribution < 1.29 is 10.2 Å². The minimum atomic E-state index is -0.146. The predicted octanol–water partition coefficient (Wildman–Crippen LogP) is 5.56. The third-order valence-corrected chi connectivity index (χ3v) is 5.19. The van der Waals surface area contributed by atoms with E-state index in [-0.39, 0.29) is 12.2 Å². The molecule has 0 aromatic heterocycles. The van der Waals surface area contributed by atoms with Gasteiger partial charge in [-0.1, -0.05) is 72.6 Å². The molecule has 0 aliphatic carbocycles. The van der Waals surface area contributed by atoms with E-state index < -0.39 is 0 Å². The third-order valence-electron chi connectivity index (χ3n) is 5.19. The predicted molar refractivity (Wildman–Crippen MR) is 97.0 cm³/mol. The van der Waals surface area contributed by atoms with Crippen LogP contribution in [0.15, 0.2) is 0 Å². The average Bonchev–Trinajstić information content (AvgIpc) is 2.48. The molecular formula is C20H42O2. The van der Waals surface area contributed by atoms with Crippen LogP contribution in [0.25, 0.3) is 0 Å². The lowest BCUT2D eigenvalue weighted by molar-refractivity contribution is 0.104. The Kier molecular flexibility index (Phi) is 13.3. The molecule has 0 spiro atoms. The number of aliphatic hydroxyl groups is 2. The van der Waals surface area contributed by atoms with E-state index in [4.69, 9.17) is 0 Å². The van der Waals surface area contributed by atoms with Crippen molar-refractivity contribution in [2.75, 3.05) is 0 Å². The van der Waals surface area contributed by atoms with E-state index >= 15 is 0 Å². The maximum absolute atomic E-state index is 9.85. The molecule has 134 valence electrons. The molecule has 22 heavy (non-hydrogen) atoms. The van der Waals surface area contributed by atoms with E-state index in [1.165, 1.54) is 38.5 Å². The van der Waals surface area contributed by atoms with E-state index in [0.717, 1.165) is 37.5 Å². The van der Waals surface area contributed by atoms with Crippen molar-refractivity contribution in [3.63, 3.8) is 0 Å². The average molecular weight is 315 g/mol. The summed E-state index contributed by atoms with van der Waals surface area (Å²) in [5.74, 6) is 2.04. The summed E-state index contributed by atoms with van der Waals surface area (Å²) in [5.41, 5.74) is 0. The van der Waals surface area contributed by atoms with Crippen molar-refractivity contribution in [1.29, 1.82) is 0 Å². The van der Waals surface area contributed by atoms with Crippen LogP contribution in [0.3, 0.4) is 0 Å². The Balaban J connectivity index is 3.92. The molecular weight excluding hydrogens is 272 g/mol. The Morgan fingerprint density at radius 1 is 0.727 bits per heavy atom. The quantitative estimate of drug-likeness (QED) is 0.441. The van der Waals surface area contributed by atoms with Gasteiger partial charge < -0.3 is 10.2 Å². The van der Waals surface area contributed by atoms with E-state index in [1.807, 2.05) is 6.92 Å². The van der Waals surface area contributed by atoms with Crippen molar-refractivity contribution >= 4 is 0 Å². The van der Waals surface area contributed by atoms with Gasteiger partial charge in [-0.2, -0.15) is 0 Å². The number of aliphatic hydroxyl groups excluding tert-OH is 2. The van der Waals surface area contributed by atoms with Crippen LogP contribution in [0, 0.1) is 17.8 Å². The second-order valence-electron chi connectivity index (χ2n) is 7.65. The van der Waals surface area contributed by atoms with Gasteiger partial charge in [0.1, 0.15) is 0 Å². The molecule has 0 aromatic rings. The van der Waals surface area contributed by atoms with Gasteiger partial charge in [-0.15, -0.1) is 0 Å². The Hall–Kier alpha value is -0.0800. The highest BCUT2D eigenvalue weighted by molar-refractivity contribution is 4.67. The zero-order valence-electron chi connectivity index (χ0n) is 15.9. The summed E-state index contributed by atoms with van der Waals surface area (Å²) in [4.78, 5) is 0. The molecule has 2 nitrogen and oxygen atoms in total. The normalized spacial score (nSPS) is 18.7. The molecule has 0 rings (SSSR count). The molecule has 0 saturated heterocycles. The van der Waals surface area contributed by atoms with E-state index in [1.54, 1.807) is 0 Å². The fraction of sp³-hybridized carbons (Fsp3) is 1.00. The number of hydrogen-bond acceptors (Lipinski definition) is 2. The van der Waals surface area contributed by atoms with Gasteiger partial charge in [0.2, 0.25) is 0 Å². The highest BCUT2D eigenvalue weighted by Gasteiger charge is 2.15. The third kappa shape index (κ3) is 11.5. The monoisotopic (exact) mass is 314 g/mol. The molecule has 0 bridgehead atoms. The molecule has 0 aliphatic rings. The summed E-state index contributed by atoms with van der Waals surface area (Å²) in [6, 6.07) is 0. The van der Waals surface area contributed by atoms with Crippen LogP contribution in [-0.4, -0.2) is 22.4 Å². The first-order chi connectivity index (χ1) is 10.4. The minimum Gasteiger partial charge on any atom is -0.393 e. The van der Waals surface area contributed by atoms with Gasteiger partial charge in [-0.25, -0.2) is 0 Å². The van der Waals surface area contributed by atoms with Crippen LogP contribution in [-0.2, 0) is 0 Å². The van der Waals surface area contributed by atoms with Crippen LogP contribution in [0.5, 0.6) is 0 Å². The summed E-state index contributed by atoms with van der Waals surface area (Å²) < 4.78 is 0. The number of hydrogen-bond donors (Lipinski definition) is 2. The van der Waals surface area contributed by atoms with Gasteiger partial charge in [0, 0.05) is 0 Å². The largest absolute Gasteiger partial charge is 0.393 e. The molecule has 0 aliphatic heterocycles. The summed E-state index contributed by atoms with van der Waals surface area (Å²) in [6.45, 7) is 10.8. The lowest BCUT2D eigenvalue weighted by atomic mass is 9.86. The second-order valence-corrected chi connectivity index (χ2v) is 7.65. The summed E-state index contributed by atoms with van der Waals surface area (Å²) in [6.07, 6.45) is 11.6. The summed E-state index contributed by atoms with van der Waals surface area (Å²) in [7, 11) is 0. The van der Waals surface area contributed by atoms with Gasteiger partial charge in [0.15, 0.2) is 0 Å². The van der Waals surface area contributed by atoms with E-state index in [2.05, 4.69) is 27.7 Å². The molecule has 2 unspecified atom stereocenters. The molecule has 2 heteroatoms. The van der Waals surface area contributed by atoms with Gasteiger partial charge in [-0.3, -0.25) is 0 Å². The lowest BCUT2D eigenvalue weighted by Gasteiger charge is -2.21. The maximum atomic E-state index is 9.85. The molecule has 5 atom stereocenters. The topological polar surface area (TPSA) is 40.5 Å². The maximum Gasteiger partial charge on any atom is 0.0563 e.